The van der Waals surface area contributed by atoms with Crippen LogP contribution in [0, 0.1) is 5.41 Å². The molecule has 238 valence electrons. The lowest BCUT2D eigenvalue weighted by atomic mass is 9.87. The van der Waals surface area contributed by atoms with Gasteiger partial charge in [-0.2, -0.15) is 0 Å². The van der Waals surface area contributed by atoms with Crippen LogP contribution in [0.2, 0.25) is 0 Å². The van der Waals surface area contributed by atoms with Crippen LogP contribution in [-0.4, -0.2) is 5.71 Å². The summed E-state index contributed by atoms with van der Waals surface area (Å²) in [6.07, 6.45) is 2.26. The van der Waals surface area contributed by atoms with Gasteiger partial charge in [0.1, 0.15) is 0 Å². The number of anilines is 3. The van der Waals surface area contributed by atoms with E-state index in [0.717, 1.165) is 61.8 Å². The average Bonchev–Trinajstić information content (AvgIpc) is 3.20. The summed E-state index contributed by atoms with van der Waals surface area (Å²) < 4.78 is 0. The molecule has 0 radical (unpaired) electrons. The highest BCUT2D eigenvalue weighted by molar-refractivity contribution is 6.36. The monoisotopic (exact) mass is 641 g/mol. The largest absolute Gasteiger partial charge is 0.354 e. The van der Waals surface area contributed by atoms with Crippen molar-refractivity contribution in [3.05, 3.63) is 222 Å². The average molecular weight is 642 g/mol. The highest BCUT2D eigenvalue weighted by Gasteiger charge is 2.27. The van der Waals surface area contributed by atoms with Gasteiger partial charge < -0.3 is 10.2 Å². The van der Waals surface area contributed by atoms with E-state index >= 15 is 0 Å². The summed E-state index contributed by atoms with van der Waals surface area (Å²) in [5.41, 5.74) is 13.7. The summed E-state index contributed by atoms with van der Waals surface area (Å²) in [5.74, 6) is 0. The van der Waals surface area contributed by atoms with Crippen molar-refractivity contribution >= 4 is 45.8 Å². The van der Waals surface area contributed by atoms with Crippen molar-refractivity contribution in [3.63, 3.8) is 0 Å². The van der Waals surface area contributed by atoms with E-state index in [1.807, 2.05) is 60.7 Å². The van der Waals surface area contributed by atoms with Crippen LogP contribution in [0.3, 0.4) is 0 Å². The zero-order valence-electron chi connectivity index (χ0n) is 27.5. The summed E-state index contributed by atoms with van der Waals surface area (Å²) in [4.78, 5) is 2.33. The van der Waals surface area contributed by atoms with E-state index in [2.05, 4.69) is 150 Å². The Balaban J connectivity index is 1.38. The summed E-state index contributed by atoms with van der Waals surface area (Å²) in [6, 6.07) is 67.1. The number of fused-ring (bicyclic) bond motifs is 1. The third-order valence-corrected chi connectivity index (χ3v) is 9.10. The van der Waals surface area contributed by atoms with E-state index in [9.17, 15) is 5.41 Å². The molecule has 7 aromatic carbocycles. The molecular weight excluding hydrogens is 607 g/mol. The third kappa shape index (κ3) is 6.05. The Bertz CT molecular complexity index is 2310. The molecular formula is C47H35N3. The SMILES string of the molecule is N=C(/C(=C1\NC(c2ccccc2)=Cc2c1cccc2N(c1ccccc1)c1ccc(-c2ccccc2)cc1)c1ccccc1)c1ccccc1. The lowest BCUT2D eigenvalue weighted by Crippen LogP contribution is -2.22. The molecule has 1 aliphatic rings. The van der Waals surface area contributed by atoms with Crippen LogP contribution in [0.5, 0.6) is 0 Å². The molecule has 0 aliphatic carbocycles. The van der Waals surface area contributed by atoms with Gasteiger partial charge in [-0.3, -0.25) is 5.41 Å². The first-order valence-corrected chi connectivity index (χ1v) is 16.9. The zero-order chi connectivity index (χ0) is 33.7. The molecule has 0 saturated heterocycles. The number of para-hydroxylation sites is 1. The molecule has 50 heavy (non-hydrogen) atoms. The van der Waals surface area contributed by atoms with Crippen LogP contribution >= 0.6 is 0 Å². The molecule has 1 aliphatic heterocycles. The van der Waals surface area contributed by atoms with Crippen molar-refractivity contribution in [1.29, 1.82) is 5.41 Å². The standard InChI is InChI=1S/C47H35N3/c48-46(38-23-12-4-13-24-38)45(37-21-10-3-11-22-37)47-41-27-16-28-44(42(41)33-43(49-47)36-19-8-2-9-20-36)50(39-25-14-5-15-26-39)40-31-29-35(30-32-40)34-17-6-1-7-18-34/h1-33,48-49H/b47-45-,48-46?. The van der Waals surface area contributed by atoms with Crippen LogP contribution in [0.1, 0.15) is 27.8 Å². The molecule has 3 nitrogen and oxygen atoms in total. The fourth-order valence-corrected chi connectivity index (χ4v) is 6.68. The van der Waals surface area contributed by atoms with E-state index in [-0.39, 0.29) is 0 Å². The Morgan fingerprint density at radius 1 is 0.440 bits per heavy atom. The molecule has 0 fully saturated rings. The minimum atomic E-state index is 0.460. The number of rotatable bonds is 8. The highest BCUT2D eigenvalue weighted by atomic mass is 15.1. The number of benzene rings is 7. The van der Waals surface area contributed by atoms with Gasteiger partial charge in [-0.05, 0) is 58.7 Å². The van der Waals surface area contributed by atoms with Crippen molar-refractivity contribution in [3.8, 4) is 11.1 Å². The fourth-order valence-electron chi connectivity index (χ4n) is 6.68. The van der Waals surface area contributed by atoms with Gasteiger partial charge in [-0.1, -0.05) is 164 Å². The second-order valence-corrected chi connectivity index (χ2v) is 12.2. The van der Waals surface area contributed by atoms with E-state index in [0.29, 0.717) is 5.71 Å². The van der Waals surface area contributed by atoms with Crippen molar-refractivity contribution in [2.75, 3.05) is 4.90 Å². The molecule has 1 heterocycles. The minimum Gasteiger partial charge on any atom is -0.354 e. The normalized spacial score (nSPS) is 13.0. The lowest BCUT2D eigenvalue weighted by Gasteiger charge is -2.32. The Hall–Kier alpha value is -6.71. The number of hydrogen-bond donors (Lipinski definition) is 2. The maximum absolute atomic E-state index is 9.64. The summed E-state index contributed by atoms with van der Waals surface area (Å²) in [7, 11) is 0. The summed E-state index contributed by atoms with van der Waals surface area (Å²) in [6.45, 7) is 0. The van der Waals surface area contributed by atoms with E-state index < -0.39 is 0 Å². The second-order valence-electron chi connectivity index (χ2n) is 12.2. The molecule has 0 atom stereocenters. The topological polar surface area (TPSA) is 39.1 Å². The van der Waals surface area contributed by atoms with E-state index in [1.165, 1.54) is 11.1 Å². The van der Waals surface area contributed by atoms with Crippen LogP contribution in [0.25, 0.3) is 34.2 Å². The van der Waals surface area contributed by atoms with Gasteiger partial charge in [0.05, 0.1) is 17.1 Å². The quantitative estimate of drug-likeness (QED) is 0.162. The Kier molecular flexibility index (Phi) is 8.45. The zero-order valence-corrected chi connectivity index (χ0v) is 27.5. The first-order valence-electron chi connectivity index (χ1n) is 16.9. The molecule has 0 unspecified atom stereocenters. The number of allylic oxidation sites excluding steroid dienone is 1. The van der Waals surface area contributed by atoms with Gasteiger partial charge in [0, 0.05) is 39.3 Å². The molecule has 0 bridgehead atoms. The van der Waals surface area contributed by atoms with Crippen molar-refractivity contribution < 1.29 is 0 Å². The number of hydrogen-bond acceptors (Lipinski definition) is 3. The van der Waals surface area contributed by atoms with Crippen LogP contribution in [0.4, 0.5) is 17.1 Å². The van der Waals surface area contributed by atoms with Crippen LogP contribution in [-0.2, 0) is 0 Å². The molecule has 7 aromatic rings. The van der Waals surface area contributed by atoms with E-state index in [1.54, 1.807) is 0 Å². The molecule has 3 heteroatoms. The van der Waals surface area contributed by atoms with Crippen LogP contribution in [0.15, 0.2) is 194 Å². The van der Waals surface area contributed by atoms with Crippen molar-refractivity contribution in [2.24, 2.45) is 0 Å². The minimum absolute atomic E-state index is 0.460. The summed E-state index contributed by atoms with van der Waals surface area (Å²) >= 11 is 0. The van der Waals surface area contributed by atoms with Gasteiger partial charge >= 0.3 is 0 Å². The Morgan fingerprint density at radius 3 is 1.56 bits per heavy atom. The summed E-state index contributed by atoms with van der Waals surface area (Å²) in [5, 5.41) is 13.5. The Morgan fingerprint density at radius 2 is 0.940 bits per heavy atom. The van der Waals surface area contributed by atoms with Gasteiger partial charge in [-0.25, -0.2) is 0 Å². The second kappa shape index (κ2) is 13.8. The van der Waals surface area contributed by atoms with Gasteiger partial charge in [0.2, 0.25) is 0 Å². The van der Waals surface area contributed by atoms with Gasteiger partial charge in [-0.15, -0.1) is 0 Å². The first kappa shape index (κ1) is 30.6. The van der Waals surface area contributed by atoms with Gasteiger partial charge in [0.15, 0.2) is 0 Å². The van der Waals surface area contributed by atoms with Gasteiger partial charge in [0.25, 0.3) is 0 Å². The molecule has 0 saturated carbocycles. The smallest absolute Gasteiger partial charge is 0.0711 e. The highest BCUT2D eigenvalue weighted by Crippen LogP contribution is 2.44. The maximum Gasteiger partial charge on any atom is 0.0711 e. The fraction of sp³-hybridized carbons (Fsp3) is 0. The van der Waals surface area contributed by atoms with Crippen molar-refractivity contribution in [1.82, 2.24) is 5.32 Å². The molecule has 8 rings (SSSR count). The predicted molar refractivity (Wildman–Crippen MR) is 211 cm³/mol. The van der Waals surface area contributed by atoms with E-state index in [4.69, 9.17) is 0 Å². The molecule has 2 N–H and O–H groups in total. The van der Waals surface area contributed by atoms with Crippen molar-refractivity contribution in [2.45, 2.75) is 0 Å². The Labute approximate surface area is 293 Å². The van der Waals surface area contributed by atoms with Crippen LogP contribution < -0.4 is 10.2 Å². The molecule has 0 amide bonds. The third-order valence-electron chi connectivity index (χ3n) is 9.10. The first-order chi connectivity index (χ1) is 24.7. The number of nitrogens with one attached hydrogen (secondary N) is 2. The number of nitrogens with zero attached hydrogens (tertiary/aromatic N) is 1. The lowest BCUT2D eigenvalue weighted by molar-refractivity contribution is 1.20. The molecule has 0 aromatic heterocycles. The molecule has 0 spiro atoms. The predicted octanol–water partition coefficient (Wildman–Crippen LogP) is 11.9. The maximum atomic E-state index is 9.64.